The van der Waals surface area contributed by atoms with Crippen LogP contribution in [0.3, 0.4) is 0 Å². The molecule has 0 bridgehead atoms. The van der Waals surface area contributed by atoms with Gasteiger partial charge in [-0.25, -0.2) is 0 Å². The minimum atomic E-state index is -0.295. The van der Waals surface area contributed by atoms with Crippen molar-refractivity contribution in [2.75, 3.05) is 32.5 Å². The van der Waals surface area contributed by atoms with Crippen molar-refractivity contribution in [1.82, 2.24) is 10.6 Å². The largest absolute Gasteiger partial charge is 0.366 e. The zero-order chi connectivity index (χ0) is 10.7. The van der Waals surface area contributed by atoms with Crippen molar-refractivity contribution in [3.63, 3.8) is 0 Å². The van der Waals surface area contributed by atoms with Gasteiger partial charge < -0.3 is 15.4 Å². The summed E-state index contributed by atoms with van der Waals surface area (Å²) in [6.07, 6.45) is 4.25. The van der Waals surface area contributed by atoms with Crippen LogP contribution in [0.25, 0.3) is 0 Å². The maximum atomic E-state index is 11.7. The molecule has 0 aromatic heterocycles. The predicted molar refractivity (Wildman–Crippen MR) is 61.1 cm³/mol. The Morgan fingerprint density at radius 2 is 2.47 bits per heavy atom. The average Bonchev–Trinajstić information content (AvgIpc) is 3.08. The molecule has 2 fully saturated rings. The van der Waals surface area contributed by atoms with E-state index in [0.29, 0.717) is 17.9 Å². The van der Waals surface area contributed by atoms with Crippen molar-refractivity contribution in [2.24, 2.45) is 0 Å². The number of rotatable bonds is 4. The van der Waals surface area contributed by atoms with E-state index < -0.39 is 0 Å². The quantitative estimate of drug-likeness (QED) is 0.713. The fourth-order valence-corrected chi connectivity index (χ4v) is 2.42. The minimum Gasteiger partial charge on any atom is -0.366 e. The molecule has 1 heterocycles. The van der Waals surface area contributed by atoms with Crippen molar-refractivity contribution in [1.29, 1.82) is 0 Å². The second-order valence-corrected chi connectivity index (χ2v) is 5.44. The van der Waals surface area contributed by atoms with Crippen LogP contribution in [0.1, 0.15) is 12.8 Å². The lowest BCUT2D eigenvalue weighted by Gasteiger charge is -2.23. The molecule has 0 aromatic carbocycles. The van der Waals surface area contributed by atoms with Gasteiger partial charge in [0.25, 0.3) is 5.91 Å². The highest BCUT2D eigenvalue weighted by Crippen LogP contribution is 2.46. The lowest BCUT2D eigenvalue weighted by atomic mass is 10.3. The van der Waals surface area contributed by atoms with Crippen molar-refractivity contribution >= 4 is 17.7 Å². The molecular formula is C10H18N2O2S. The monoisotopic (exact) mass is 230 g/mol. The van der Waals surface area contributed by atoms with Gasteiger partial charge in [0.1, 0.15) is 6.10 Å². The fourth-order valence-electron chi connectivity index (χ4n) is 1.69. The molecule has 1 saturated heterocycles. The van der Waals surface area contributed by atoms with Crippen molar-refractivity contribution in [2.45, 2.75) is 23.7 Å². The summed E-state index contributed by atoms with van der Waals surface area (Å²) in [5.74, 6) is 0.0301. The van der Waals surface area contributed by atoms with Crippen molar-refractivity contribution in [3.8, 4) is 0 Å². The molecule has 1 saturated carbocycles. The van der Waals surface area contributed by atoms with Crippen LogP contribution in [0.4, 0.5) is 0 Å². The highest BCUT2D eigenvalue weighted by Gasteiger charge is 2.42. The Morgan fingerprint density at radius 1 is 1.67 bits per heavy atom. The third-order valence-electron chi connectivity index (χ3n) is 3.05. The van der Waals surface area contributed by atoms with Gasteiger partial charge in [-0.1, -0.05) is 0 Å². The molecule has 1 aliphatic heterocycles. The molecule has 4 nitrogen and oxygen atoms in total. The van der Waals surface area contributed by atoms with Crippen LogP contribution in [-0.2, 0) is 9.53 Å². The Hall–Kier alpha value is -0.260. The topological polar surface area (TPSA) is 50.4 Å². The number of carbonyl (C=O) groups is 1. The maximum Gasteiger partial charge on any atom is 0.250 e. The molecule has 15 heavy (non-hydrogen) atoms. The standard InChI is InChI=1S/C10H18N2O2S/c1-15-10(2-3-10)7-12-9(13)8-6-11-4-5-14-8/h8,11H,2-7H2,1H3,(H,12,13). The number of carbonyl (C=O) groups excluding carboxylic acids is 1. The van der Waals surface area contributed by atoms with Crippen LogP contribution in [-0.4, -0.2) is 49.3 Å². The van der Waals surface area contributed by atoms with Crippen LogP contribution >= 0.6 is 11.8 Å². The van der Waals surface area contributed by atoms with E-state index in [1.807, 2.05) is 11.8 Å². The number of thioether (sulfide) groups is 1. The van der Waals surface area contributed by atoms with Crippen LogP contribution in [0.2, 0.25) is 0 Å². The Labute approximate surface area is 94.5 Å². The summed E-state index contributed by atoms with van der Waals surface area (Å²) in [7, 11) is 0. The fraction of sp³-hybridized carbons (Fsp3) is 0.900. The number of ether oxygens (including phenoxy) is 1. The van der Waals surface area contributed by atoms with E-state index in [9.17, 15) is 4.79 Å². The molecule has 2 aliphatic rings. The Kier molecular flexibility index (Phi) is 3.53. The zero-order valence-electron chi connectivity index (χ0n) is 9.04. The summed E-state index contributed by atoms with van der Waals surface area (Å²) in [4.78, 5) is 11.7. The molecule has 0 radical (unpaired) electrons. The predicted octanol–water partition coefficient (Wildman–Crippen LogP) is -0.0134. The van der Waals surface area contributed by atoms with Gasteiger partial charge in [0.15, 0.2) is 0 Å². The van der Waals surface area contributed by atoms with Gasteiger partial charge in [-0.3, -0.25) is 4.79 Å². The first-order chi connectivity index (χ1) is 7.26. The lowest BCUT2D eigenvalue weighted by molar-refractivity contribution is -0.134. The van der Waals surface area contributed by atoms with Crippen molar-refractivity contribution < 1.29 is 9.53 Å². The number of nitrogens with one attached hydrogen (secondary N) is 2. The van der Waals surface area contributed by atoms with E-state index in [1.165, 1.54) is 12.8 Å². The second kappa shape index (κ2) is 4.72. The van der Waals surface area contributed by atoms with Crippen LogP contribution in [0.5, 0.6) is 0 Å². The van der Waals surface area contributed by atoms with E-state index in [-0.39, 0.29) is 12.0 Å². The molecule has 1 amide bonds. The van der Waals surface area contributed by atoms with Gasteiger partial charge in [-0.2, -0.15) is 11.8 Å². The van der Waals surface area contributed by atoms with Gasteiger partial charge >= 0.3 is 0 Å². The van der Waals surface area contributed by atoms with Gasteiger partial charge in [0.2, 0.25) is 0 Å². The third kappa shape index (κ3) is 2.86. The molecule has 1 atom stereocenters. The summed E-state index contributed by atoms with van der Waals surface area (Å²) in [6.45, 7) is 2.90. The first kappa shape index (κ1) is 11.2. The van der Waals surface area contributed by atoms with Gasteiger partial charge in [0, 0.05) is 24.4 Å². The summed E-state index contributed by atoms with van der Waals surface area (Å²) in [5, 5.41) is 6.13. The molecule has 0 spiro atoms. The molecule has 0 aromatic rings. The SMILES string of the molecule is CSC1(CNC(=O)C2CNCCO2)CC1. The molecule has 2 N–H and O–H groups in total. The van der Waals surface area contributed by atoms with Crippen LogP contribution in [0, 0.1) is 0 Å². The first-order valence-electron chi connectivity index (χ1n) is 5.41. The number of hydrogen-bond donors (Lipinski definition) is 2. The highest BCUT2D eigenvalue weighted by molar-refractivity contribution is 8.00. The zero-order valence-corrected chi connectivity index (χ0v) is 9.86. The van der Waals surface area contributed by atoms with E-state index in [1.54, 1.807) is 0 Å². The van der Waals surface area contributed by atoms with Gasteiger partial charge in [-0.05, 0) is 19.1 Å². The molecule has 2 rings (SSSR count). The summed E-state index contributed by atoms with van der Waals surface area (Å²) >= 11 is 1.86. The maximum absolute atomic E-state index is 11.7. The molecule has 1 aliphatic carbocycles. The van der Waals surface area contributed by atoms with E-state index in [4.69, 9.17) is 4.74 Å². The number of amides is 1. The number of morpholine rings is 1. The normalized spacial score (nSPS) is 28.5. The smallest absolute Gasteiger partial charge is 0.250 e. The summed E-state index contributed by atoms with van der Waals surface area (Å²) in [6, 6.07) is 0. The summed E-state index contributed by atoms with van der Waals surface area (Å²) in [5.41, 5.74) is 0. The van der Waals surface area contributed by atoms with Gasteiger partial charge in [0.05, 0.1) is 6.61 Å². The molecule has 5 heteroatoms. The lowest BCUT2D eigenvalue weighted by Crippen LogP contribution is -2.49. The second-order valence-electron chi connectivity index (χ2n) is 4.17. The molecule has 86 valence electrons. The summed E-state index contributed by atoms with van der Waals surface area (Å²) < 4.78 is 5.71. The number of hydrogen-bond acceptors (Lipinski definition) is 4. The minimum absolute atomic E-state index is 0.0301. The van der Waals surface area contributed by atoms with E-state index in [0.717, 1.165) is 13.1 Å². The van der Waals surface area contributed by atoms with E-state index in [2.05, 4.69) is 16.9 Å². The Balaban J connectivity index is 1.72. The first-order valence-corrected chi connectivity index (χ1v) is 6.63. The third-order valence-corrected chi connectivity index (χ3v) is 4.46. The Bertz CT molecular complexity index is 238. The van der Waals surface area contributed by atoms with Crippen molar-refractivity contribution in [3.05, 3.63) is 0 Å². The van der Waals surface area contributed by atoms with Crippen LogP contribution in [0.15, 0.2) is 0 Å². The molecular weight excluding hydrogens is 212 g/mol. The Morgan fingerprint density at radius 3 is 3.00 bits per heavy atom. The molecule has 1 unspecified atom stereocenters. The van der Waals surface area contributed by atoms with Crippen LogP contribution < -0.4 is 10.6 Å². The average molecular weight is 230 g/mol. The van der Waals surface area contributed by atoms with Gasteiger partial charge in [-0.15, -0.1) is 0 Å². The van der Waals surface area contributed by atoms with E-state index >= 15 is 0 Å². The highest BCUT2D eigenvalue weighted by atomic mass is 32.2.